The van der Waals surface area contributed by atoms with Gasteiger partial charge < -0.3 is 18.3 Å². The van der Waals surface area contributed by atoms with Crippen molar-refractivity contribution < 1.29 is 0 Å². The minimum Gasteiger partial charge on any atom is -0.344 e. The molecule has 4 nitrogen and oxygen atoms in total. The molecular formula is C131H114N4S3. The highest BCUT2D eigenvalue weighted by Crippen LogP contribution is 2.40. The van der Waals surface area contributed by atoms with Crippen molar-refractivity contribution in [3.8, 4) is 11.4 Å². The molecule has 0 saturated carbocycles. The van der Waals surface area contributed by atoms with Crippen LogP contribution < -0.4 is 0 Å². The van der Waals surface area contributed by atoms with E-state index in [2.05, 4.69) is 513 Å². The van der Waals surface area contributed by atoms with Crippen LogP contribution in [-0.2, 0) is 14.1 Å². The van der Waals surface area contributed by atoms with Crippen LogP contribution in [0.2, 0.25) is 0 Å². The number of hydrogen-bond acceptors (Lipinski definition) is 3. The maximum atomic E-state index is 2.36. The quantitative estimate of drug-likeness (QED) is 0.164. The summed E-state index contributed by atoms with van der Waals surface area (Å²) in [7, 11) is 4.23. The first-order valence-corrected chi connectivity index (χ1v) is 49.7. The van der Waals surface area contributed by atoms with Gasteiger partial charge in [0.2, 0.25) is 0 Å². The molecule has 0 unspecified atom stereocenters. The van der Waals surface area contributed by atoms with Crippen molar-refractivity contribution in [2.24, 2.45) is 14.1 Å². The molecule has 7 heterocycles. The highest BCUT2D eigenvalue weighted by atomic mass is 32.1. The van der Waals surface area contributed by atoms with Crippen molar-refractivity contribution in [1.82, 2.24) is 18.3 Å². The van der Waals surface area contributed by atoms with E-state index in [-0.39, 0.29) is 0 Å². The molecule has 0 aliphatic heterocycles. The fourth-order valence-corrected chi connectivity index (χ4v) is 21.4. The molecule has 7 heteroatoms. The third-order valence-corrected chi connectivity index (χ3v) is 28.3. The number of rotatable bonds is 2. The van der Waals surface area contributed by atoms with Gasteiger partial charge in [0, 0.05) is 151 Å². The Morgan fingerprint density at radius 2 is 0.420 bits per heavy atom. The van der Waals surface area contributed by atoms with E-state index in [1.807, 2.05) is 107 Å². The van der Waals surface area contributed by atoms with Crippen molar-refractivity contribution in [3.05, 3.63) is 541 Å². The molecule has 0 spiro atoms. The fourth-order valence-electron chi connectivity index (χ4n) is 18.0. The van der Waals surface area contributed by atoms with Crippen LogP contribution in [0.1, 0.15) is 50.1 Å². The number of para-hydroxylation sites is 9. The van der Waals surface area contributed by atoms with Crippen molar-refractivity contribution in [1.29, 1.82) is 0 Å². The summed E-state index contributed by atoms with van der Waals surface area (Å²) in [4.78, 5) is 0. The number of hydrogen-bond donors (Lipinski definition) is 0. The van der Waals surface area contributed by atoms with Gasteiger partial charge in [0.25, 0.3) is 0 Å². The highest BCUT2D eigenvalue weighted by Gasteiger charge is 2.16. The van der Waals surface area contributed by atoms with E-state index < -0.39 is 0 Å². The summed E-state index contributed by atoms with van der Waals surface area (Å²) in [5.74, 6) is 0. The number of fused-ring (bicyclic) bond motifs is 21. The topological polar surface area (TPSA) is 19.7 Å². The van der Waals surface area contributed by atoms with Crippen LogP contribution >= 0.6 is 34.0 Å². The third-order valence-electron chi connectivity index (χ3n) is 24.8. The Kier molecular flexibility index (Phi) is 30.7. The van der Waals surface area contributed by atoms with Crippen LogP contribution in [0, 0.1) is 62.3 Å². The molecule has 0 N–H and O–H groups in total. The van der Waals surface area contributed by atoms with Gasteiger partial charge in [-0.1, -0.05) is 410 Å². The second kappa shape index (κ2) is 45.1. The molecule has 7 aromatic heterocycles. The van der Waals surface area contributed by atoms with Gasteiger partial charge in [0.1, 0.15) is 0 Å². The summed E-state index contributed by atoms with van der Waals surface area (Å²) in [5.41, 5.74) is 24.7. The van der Waals surface area contributed by atoms with Gasteiger partial charge in [-0.15, -0.1) is 34.0 Å². The number of nitrogens with zero attached hydrogens (tertiary/aromatic N) is 4. The summed E-state index contributed by atoms with van der Waals surface area (Å²) >= 11 is 5.62. The lowest BCUT2D eigenvalue weighted by molar-refractivity contribution is 1.01. The van der Waals surface area contributed by atoms with Crippen LogP contribution in [-0.4, -0.2) is 18.3 Å². The lowest BCUT2D eigenvalue weighted by Gasteiger charge is -2.08. The van der Waals surface area contributed by atoms with Crippen molar-refractivity contribution in [3.63, 3.8) is 0 Å². The van der Waals surface area contributed by atoms with Crippen LogP contribution in [0.25, 0.3) is 159 Å². The first-order chi connectivity index (χ1) is 67.6. The number of thiophene rings is 3. The molecular weight excluding hydrogens is 1730 g/mol. The van der Waals surface area contributed by atoms with E-state index >= 15 is 0 Å². The van der Waals surface area contributed by atoms with E-state index in [1.54, 1.807) is 0 Å². The molecule has 27 rings (SSSR count). The van der Waals surface area contributed by atoms with Gasteiger partial charge in [-0.3, -0.25) is 0 Å². The molecule has 676 valence electrons. The van der Waals surface area contributed by atoms with E-state index in [0.717, 1.165) is 0 Å². The van der Waals surface area contributed by atoms with Gasteiger partial charge in [0.15, 0.2) is 0 Å². The zero-order chi connectivity index (χ0) is 95.2. The smallest absolute Gasteiger partial charge is 0.0570 e. The molecule has 0 amide bonds. The monoisotopic (exact) mass is 1840 g/mol. The fraction of sp³-hybridized carbons (Fsp3) is 0.0840. The third kappa shape index (κ3) is 22.1. The summed E-state index contributed by atoms with van der Waals surface area (Å²) in [5, 5.41) is 19.0. The summed E-state index contributed by atoms with van der Waals surface area (Å²) < 4.78 is 17.5. The highest BCUT2D eigenvalue weighted by molar-refractivity contribution is 7.26. The van der Waals surface area contributed by atoms with E-state index in [1.165, 1.54) is 209 Å². The summed E-state index contributed by atoms with van der Waals surface area (Å²) in [6.45, 7) is 19.1. The Hall–Kier alpha value is -15.7. The minimum atomic E-state index is 1.21. The van der Waals surface area contributed by atoms with Gasteiger partial charge in [-0.25, -0.2) is 0 Å². The largest absolute Gasteiger partial charge is 0.344 e. The van der Waals surface area contributed by atoms with Crippen molar-refractivity contribution >= 4 is 182 Å². The molecule has 138 heavy (non-hydrogen) atoms. The molecule has 27 aromatic rings. The van der Waals surface area contributed by atoms with Crippen LogP contribution in [0.15, 0.2) is 491 Å². The Morgan fingerprint density at radius 3 is 0.862 bits per heavy atom. The molecule has 20 aromatic carbocycles. The second-order valence-corrected chi connectivity index (χ2v) is 38.2. The van der Waals surface area contributed by atoms with Crippen molar-refractivity contribution in [2.75, 3.05) is 0 Å². The van der Waals surface area contributed by atoms with Crippen LogP contribution in [0.3, 0.4) is 0 Å². The molecule has 0 bridgehead atoms. The molecule has 0 radical (unpaired) electrons. The number of aryl methyl sites for hydroxylation is 11. The van der Waals surface area contributed by atoms with E-state index in [0.29, 0.717) is 0 Å². The summed E-state index contributed by atoms with van der Waals surface area (Å²) in [6.07, 6.45) is 0. The zero-order valence-corrected chi connectivity index (χ0v) is 82.7. The predicted molar refractivity (Wildman–Crippen MR) is 609 cm³/mol. The molecule has 0 aliphatic rings. The minimum absolute atomic E-state index is 1.21. The Morgan fingerprint density at radius 1 is 0.152 bits per heavy atom. The lowest BCUT2D eigenvalue weighted by atomic mass is 10.1. The van der Waals surface area contributed by atoms with E-state index in [9.17, 15) is 0 Å². The number of aromatic nitrogens is 4. The van der Waals surface area contributed by atoms with Crippen molar-refractivity contribution in [2.45, 2.75) is 62.3 Å². The molecule has 0 saturated heterocycles. The van der Waals surface area contributed by atoms with E-state index in [4.69, 9.17) is 0 Å². The summed E-state index contributed by atoms with van der Waals surface area (Å²) in [6, 6.07) is 172. The predicted octanol–water partition coefficient (Wildman–Crippen LogP) is 37.9. The lowest BCUT2D eigenvalue weighted by Crippen LogP contribution is -1.94. The molecule has 0 fully saturated rings. The molecule has 0 atom stereocenters. The zero-order valence-electron chi connectivity index (χ0n) is 80.3. The Labute approximate surface area is 822 Å². The molecule has 0 aliphatic carbocycles. The van der Waals surface area contributed by atoms with Crippen LogP contribution in [0.4, 0.5) is 0 Å². The average Bonchev–Trinajstić information content (AvgIpc) is 1.59. The first kappa shape index (κ1) is 94.0. The Bertz CT molecular complexity index is 8310. The average molecular weight is 1840 g/mol. The normalized spacial score (nSPS) is 10.7. The Balaban J connectivity index is 0.000000107. The van der Waals surface area contributed by atoms with Gasteiger partial charge in [-0.2, -0.15) is 0 Å². The van der Waals surface area contributed by atoms with Gasteiger partial charge in [-0.05, 0) is 194 Å². The maximum Gasteiger partial charge on any atom is 0.0570 e. The standard InChI is InChI=1S/2C19H15N.2C13H11N.3C13H10S.4C7H8/c1-14-8-7-12-17-16-11-5-6-13-18(16)20(19(14)17)15-9-3-2-4-10-15;1-14-11-12-17-16-9-5-6-10-18(16)20(19(17)13-14)15-7-3-2-4-8-15;2*1-14-12-8-4-2-6-10(12)11-7-3-5-9-13(11)14;1-9-5-4-8-12-13(9)10-6-2-3-7-11(10)14-12;1-9-6-7-13-11(8-9)10-4-2-3-5-12(10)14-13;1-9-6-7-11-10-4-2-3-5-12(10)14-13(11)8-9;4*1-7-5-3-2-4-6-7/h2*2-13H,1H3;2*2-9H,1H3;3*2-8H,1H3;4*2-6H,1H3. The van der Waals surface area contributed by atoms with Crippen LogP contribution in [0.5, 0.6) is 0 Å². The maximum absolute atomic E-state index is 2.36. The van der Waals surface area contributed by atoms with Gasteiger partial charge >= 0.3 is 0 Å². The number of benzene rings is 20. The second-order valence-electron chi connectivity index (χ2n) is 34.9. The first-order valence-electron chi connectivity index (χ1n) is 47.2. The van der Waals surface area contributed by atoms with Gasteiger partial charge in [0.05, 0.1) is 22.1 Å². The SMILES string of the molecule is Cc1ccc2c(c1)sc1ccccc12.Cc1ccc2c3ccccc3n(-c3ccccc3)c2c1.Cc1ccc2sc3ccccc3c2c1.Cc1cccc2c3ccccc3n(-c3ccccc3)c12.Cc1cccc2sc3ccccc3c12.Cc1ccccc1.Cc1ccccc1.Cc1ccccc1.Cc1ccccc1.Cn1c2ccccc2c2ccccc21.Cn1c2ccccc2c2ccccc21.